The van der Waals surface area contributed by atoms with Crippen molar-refractivity contribution in [2.75, 3.05) is 18.0 Å². The molecule has 6 heteroatoms. The lowest BCUT2D eigenvalue weighted by Crippen LogP contribution is -2.30. The van der Waals surface area contributed by atoms with Crippen molar-refractivity contribution in [2.24, 2.45) is 5.84 Å². The summed E-state index contributed by atoms with van der Waals surface area (Å²) < 4.78 is 0. The highest BCUT2D eigenvalue weighted by Crippen LogP contribution is 2.19. The summed E-state index contributed by atoms with van der Waals surface area (Å²) in [6.45, 7) is 3.20. The van der Waals surface area contributed by atoms with E-state index < -0.39 is 5.97 Å². The van der Waals surface area contributed by atoms with E-state index in [9.17, 15) is 9.90 Å². The minimum absolute atomic E-state index is 0.201. The Labute approximate surface area is 99.9 Å². The maximum Gasteiger partial charge on any atom is 0.328 e. The van der Waals surface area contributed by atoms with Crippen molar-refractivity contribution < 1.29 is 14.7 Å². The summed E-state index contributed by atoms with van der Waals surface area (Å²) in [6, 6.07) is 6.88. The van der Waals surface area contributed by atoms with Crippen molar-refractivity contribution in [3.8, 4) is 5.75 Å². The van der Waals surface area contributed by atoms with E-state index in [1.807, 2.05) is 23.5 Å². The lowest BCUT2D eigenvalue weighted by Gasteiger charge is -2.22. The van der Waals surface area contributed by atoms with E-state index in [2.05, 4.69) is 4.84 Å². The number of hydrogen-bond acceptors (Lipinski definition) is 6. The Morgan fingerprint density at radius 2 is 2.35 bits per heavy atom. The number of nitrogens with zero attached hydrogens (tertiary/aromatic N) is 1. The molecule has 1 aromatic carbocycles. The first kappa shape index (κ1) is 13.3. The molecule has 0 saturated carbocycles. The molecule has 0 bridgehead atoms. The molecule has 1 rings (SSSR count). The monoisotopic (exact) mass is 239 g/mol. The van der Waals surface area contributed by atoms with E-state index in [0.29, 0.717) is 6.54 Å². The summed E-state index contributed by atoms with van der Waals surface area (Å²) in [4.78, 5) is 17.5. The molecule has 0 unspecified atom stereocenters. The molecule has 6 nitrogen and oxygen atoms in total. The maximum absolute atomic E-state index is 11.1. The van der Waals surface area contributed by atoms with Crippen molar-refractivity contribution >= 4 is 11.7 Å². The average molecular weight is 239 g/mol. The molecule has 0 aliphatic rings. The van der Waals surface area contributed by atoms with Gasteiger partial charge in [-0.2, -0.15) is 0 Å². The van der Waals surface area contributed by atoms with Crippen LogP contribution in [0.5, 0.6) is 5.75 Å². The zero-order chi connectivity index (χ0) is 12.7. The Bertz CT molecular complexity index is 371. The highest BCUT2D eigenvalue weighted by molar-refractivity contribution is 5.70. The molecular formula is C11H17N3O3. The van der Waals surface area contributed by atoms with Crippen LogP contribution in [0.3, 0.4) is 0 Å². The van der Waals surface area contributed by atoms with Crippen LogP contribution in [0, 0.1) is 0 Å². The van der Waals surface area contributed by atoms with Gasteiger partial charge in [0.05, 0.1) is 6.42 Å². The van der Waals surface area contributed by atoms with Crippen molar-refractivity contribution in [2.45, 2.75) is 13.3 Å². The van der Waals surface area contributed by atoms with Gasteiger partial charge in [0.15, 0.2) is 0 Å². The fraction of sp³-hybridized carbons (Fsp3) is 0.364. The number of rotatable bonds is 6. The molecule has 0 atom stereocenters. The maximum atomic E-state index is 11.1. The number of phenols is 1. The van der Waals surface area contributed by atoms with E-state index in [1.165, 1.54) is 0 Å². The molecule has 4 N–H and O–H groups in total. The van der Waals surface area contributed by atoms with Crippen LogP contribution in [0.2, 0.25) is 0 Å². The number of phenolic OH excluding ortho intramolecular Hbond substituents is 1. The van der Waals surface area contributed by atoms with Gasteiger partial charge in [0.1, 0.15) is 5.75 Å². The molecule has 1 aromatic rings. The molecule has 0 saturated heterocycles. The number of hydrogen-bond donors (Lipinski definition) is 3. The molecular weight excluding hydrogens is 222 g/mol. The zero-order valence-electron chi connectivity index (χ0n) is 9.72. The molecule has 17 heavy (non-hydrogen) atoms. The van der Waals surface area contributed by atoms with Crippen LogP contribution in [-0.2, 0) is 9.63 Å². The van der Waals surface area contributed by atoms with Gasteiger partial charge < -0.3 is 14.8 Å². The van der Waals surface area contributed by atoms with Crippen LogP contribution >= 0.6 is 0 Å². The van der Waals surface area contributed by atoms with Crippen molar-refractivity contribution in [3.63, 3.8) is 0 Å². The van der Waals surface area contributed by atoms with Crippen LogP contribution in [-0.4, -0.2) is 24.2 Å². The Morgan fingerprint density at radius 3 is 2.94 bits per heavy atom. The summed E-state index contributed by atoms with van der Waals surface area (Å²) in [5.41, 5.74) is 2.71. The summed E-state index contributed by atoms with van der Waals surface area (Å²) in [5, 5.41) is 9.37. The first-order chi connectivity index (χ1) is 8.17. The number of benzene rings is 1. The van der Waals surface area contributed by atoms with Gasteiger partial charge in [0.2, 0.25) is 0 Å². The highest BCUT2D eigenvalue weighted by Gasteiger charge is 2.08. The van der Waals surface area contributed by atoms with E-state index in [0.717, 1.165) is 12.2 Å². The van der Waals surface area contributed by atoms with E-state index >= 15 is 0 Å². The van der Waals surface area contributed by atoms with Crippen molar-refractivity contribution in [1.82, 2.24) is 5.59 Å². The first-order valence-electron chi connectivity index (χ1n) is 5.36. The molecule has 0 aliphatic carbocycles. The lowest BCUT2D eigenvalue weighted by atomic mass is 10.2. The molecule has 0 aliphatic heterocycles. The summed E-state index contributed by atoms with van der Waals surface area (Å²) in [6.07, 6.45) is 0.216. The van der Waals surface area contributed by atoms with Crippen molar-refractivity contribution in [3.05, 3.63) is 24.3 Å². The number of aromatic hydroxyl groups is 1. The van der Waals surface area contributed by atoms with Crippen LogP contribution in [0.4, 0.5) is 5.69 Å². The smallest absolute Gasteiger partial charge is 0.328 e. The van der Waals surface area contributed by atoms with Gasteiger partial charge in [0, 0.05) is 24.8 Å². The van der Waals surface area contributed by atoms with Gasteiger partial charge in [-0.15, -0.1) is 0 Å². The van der Waals surface area contributed by atoms with Crippen LogP contribution in [0.15, 0.2) is 24.3 Å². The first-order valence-corrected chi connectivity index (χ1v) is 5.36. The lowest BCUT2D eigenvalue weighted by molar-refractivity contribution is -0.150. The third-order valence-electron chi connectivity index (χ3n) is 2.34. The number of hydrazine groups is 1. The molecule has 94 valence electrons. The van der Waals surface area contributed by atoms with Gasteiger partial charge >= 0.3 is 5.97 Å². The molecule has 0 amide bonds. The van der Waals surface area contributed by atoms with Gasteiger partial charge in [-0.3, -0.25) is 4.79 Å². The summed E-state index contributed by atoms with van der Waals surface area (Å²) in [7, 11) is 0. The summed E-state index contributed by atoms with van der Waals surface area (Å²) in [5.74, 6) is 4.64. The number of carbonyl (C=O) groups excluding carboxylic acids is 1. The average Bonchev–Trinajstić information content (AvgIpc) is 2.30. The largest absolute Gasteiger partial charge is 0.508 e. The van der Waals surface area contributed by atoms with Crippen LogP contribution in [0.1, 0.15) is 13.3 Å². The third-order valence-corrected chi connectivity index (χ3v) is 2.34. The van der Waals surface area contributed by atoms with Gasteiger partial charge in [-0.1, -0.05) is 11.7 Å². The van der Waals surface area contributed by atoms with Crippen LogP contribution in [0.25, 0.3) is 0 Å². The fourth-order valence-corrected chi connectivity index (χ4v) is 1.50. The van der Waals surface area contributed by atoms with Crippen LogP contribution < -0.4 is 16.3 Å². The van der Waals surface area contributed by atoms with Gasteiger partial charge in [-0.25, -0.2) is 5.84 Å². The van der Waals surface area contributed by atoms with Gasteiger partial charge in [-0.05, 0) is 19.1 Å². The van der Waals surface area contributed by atoms with Gasteiger partial charge in [0.25, 0.3) is 0 Å². The normalized spacial score (nSPS) is 10.0. The SMILES string of the molecule is CCN(CCC(=O)ONN)c1cccc(O)c1. The Hall–Kier alpha value is -1.79. The Morgan fingerprint density at radius 1 is 1.59 bits per heavy atom. The second-order valence-corrected chi connectivity index (χ2v) is 3.44. The number of carbonyl (C=O) groups is 1. The predicted molar refractivity (Wildman–Crippen MR) is 64.0 cm³/mol. The molecule has 0 heterocycles. The second-order valence-electron chi connectivity index (χ2n) is 3.44. The Kier molecular flexibility index (Phi) is 5.25. The topological polar surface area (TPSA) is 87.8 Å². The van der Waals surface area contributed by atoms with Crippen molar-refractivity contribution in [1.29, 1.82) is 0 Å². The quantitative estimate of drug-likeness (QED) is 0.496. The fourth-order valence-electron chi connectivity index (χ4n) is 1.50. The molecule has 0 fully saturated rings. The molecule has 0 radical (unpaired) electrons. The van der Waals surface area contributed by atoms with E-state index in [1.54, 1.807) is 18.2 Å². The minimum Gasteiger partial charge on any atom is -0.508 e. The number of nitrogens with two attached hydrogens (primary N) is 1. The summed E-state index contributed by atoms with van der Waals surface area (Å²) >= 11 is 0. The third kappa shape index (κ3) is 4.29. The highest BCUT2D eigenvalue weighted by atomic mass is 16.7. The number of nitrogens with one attached hydrogen (secondary N) is 1. The molecule has 0 spiro atoms. The second kappa shape index (κ2) is 6.72. The Balaban J connectivity index is 2.57. The minimum atomic E-state index is -0.425. The van der Waals surface area contributed by atoms with E-state index in [-0.39, 0.29) is 12.2 Å². The standard InChI is InChI=1S/C11H17N3O3/c1-2-14(7-6-11(16)17-13-12)9-4-3-5-10(15)8-9/h3-5,8,13,15H,2,6-7,12H2,1H3. The number of anilines is 1. The predicted octanol–water partition coefficient (Wildman–Crippen LogP) is 0.530. The zero-order valence-corrected chi connectivity index (χ0v) is 9.72. The van der Waals surface area contributed by atoms with E-state index in [4.69, 9.17) is 5.84 Å². The molecule has 0 aromatic heterocycles.